The maximum atomic E-state index is 10.4. The molecule has 86 valence electrons. The summed E-state index contributed by atoms with van der Waals surface area (Å²) in [6.45, 7) is 5.78. The van der Waals surface area contributed by atoms with E-state index < -0.39 is 5.97 Å². The van der Waals surface area contributed by atoms with Gasteiger partial charge in [-0.25, -0.2) is 15.5 Å². The summed E-state index contributed by atoms with van der Waals surface area (Å²) in [5.41, 5.74) is 1.18. The maximum absolute atomic E-state index is 10.4. The summed E-state index contributed by atoms with van der Waals surface area (Å²) < 4.78 is 0. The van der Waals surface area contributed by atoms with E-state index in [0.29, 0.717) is 5.56 Å². The van der Waals surface area contributed by atoms with Gasteiger partial charge in [0.05, 0.1) is 12.7 Å². The van der Waals surface area contributed by atoms with E-state index in [1.165, 1.54) is 7.11 Å². The van der Waals surface area contributed by atoms with Gasteiger partial charge in [0.25, 0.3) is 0 Å². The van der Waals surface area contributed by atoms with Crippen molar-refractivity contribution in [2.45, 2.75) is 20.8 Å². The molecule has 0 unspecified atom stereocenters. The fourth-order valence-electron chi connectivity index (χ4n) is 0.813. The zero-order chi connectivity index (χ0) is 12.3. The van der Waals surface area contributed by atoms with Crippen LogP contribution in [0.4, 0.5) is 0 Å². The molecule has 0 aromatic heterocycles. The average molecular weight is 214 g/mol. The number of benzene rings is 1. The van der Waals surface area contributed by atoms with Crippen LogP contribution in [0.15, 0.2) is 24.3 Å². The summed E-state index contributed by atoms with van der Waals surface area (Å²) in [6, 6.07) is 6.92. The van der Waals surface area contributed by atoms with Gasteiger partial charge in [-0.15, -0.1) is 0 Å². The Labute approximate surface area is 90.6 Å². The fourth-order valence-corrected chi connectivity index (χ4v) is 0.813. The van der Waals surface area contributed by atoms with Crippen LogP contribution in [0.5, 0.6) is 0 Å². The van der Waals surface area contributed by atoms with Gasteiger partial charge in [0, 0.05) is 0 Å². The molecule has 0 bridgehead atoms. The molecule has 0 aliphatic rings. The first-order chi connectivity index (χ1) is 7.13. The van der Waals surface area contributed by atoms with Crippen LogP contribution in [0.2, 0.25) is 0 Å². The number of hydrogen-bond acceptors (Lipinski definition) is 2. The number of aryl methyl sites for hydroxylation is 1. The molecule has 0 radical (unpaired) electrons. The van der Waals surface area contributed by atoms with Crippen molar-refractivity contribution in [2.75, 3.05) is 7.11 Å². The first-order valence-corrected chi connectivity index (χ1v) is 4.70. The van der Waals surface area contributed by atoms with E-state index >= 15 is 0 Å². The lowest BCUT2D eigenvalue weighted by atomic mass is 10.1. The van der Waals surface area contributed by atoms with Crippen molar-refractivity contribution >= 4 is 5.97 Å². The van der Waals surface area contributed by atoms with E-state index in [1.54, 1.807) is 25.1 Å². The van der Waals surface area contributed by atoms with Crippen LogP contribution in [0, 0.1) is 6.92 Å². The Bertz CT molecular complexity index is 274. The first kappa shape index (κ1) is 16.1. The molecule has 0 heterocycles. The van der Waals surface area contributed by atoms with E-state index in [9.17, 15) is 4.79 Å². The Morgan fingerprint density at radius 1 is 1.33 bits per heavy atom. The van der Waals surface area contributed by atoms with Crippen LogP contribution in [-0.4, -0.2) is 18.2 Å². The summed E-state index contributed by atoms with van der Waals surface area (Å²) in [7, 11) is 1.51. The predicted octanol–water partition coefficient (Wildman–Crippen LogP) is 1.51. The number of carboxylic acid groups (broad SMARTS) is 1. The van der Waals surface area contributed by atoms with Crippen LogP contribution in [0.3, 0.4) is 0 Å². The van der Waals surface area contributed by atoms with Gasteiger partial charge in [0.15, 0.2) is 0 Å². The van der Waals surface area contributed by atoms with Crippen LogP contribution in [0.1, 0.15) is 29.8 Å². The number of hydrogen-bond donors (Lipinski definition) is 2. The van der Waals surface area contributed by atoms with E-state index in [-0.39, 0.29) is 0 Å². The van der Waals surface area contributed by atoms with Crippen molar-refractivity contribution in [3.63, 3.8) is 0 Å². The van der Waals surface area contributed by atoms with Gasteiger partial charge < -0.3 is 5.11 Å². The Morgan fingerprint density at radius 3 is 2.00 bits per heavy atom. The monoisotopic (exact) mass is 214 g/mol. The third-order valence-electron chi connectivity index (χ3n) is 1.38. The second-order valence-electron chi connectivity index (χ2n) is 2.41. The molecular formula is C11H20NO3+. The maximum Gasteiger partial charge on any atom is 0.335 e. The molecule has 0 spiro atoms. The van der Waals surface area contributed by atoms with Gasteiger partial charge in [-0.1, -0.05) is 32.0 Å². The molecule has 0 aliphatic heterocycles. The fraction of sp³-hybridized carbons (Fsp3) is 0.364. The van der Waals surface area contributed by atoms with Crippen molar-refractivity contribution in [3.8, 4) is 0 Å². The van der Waals surface area contributed by atoms with Crippen LogP contribution >= 0.6 is 0 Å². The van der Waals surface area contributed by atoms with Gasteiger partial charge in [-0.3, -0.25) is 0 Å². The predicted molar refractivity (Wildman–Crippen MR) is 59.4 cm³/mol. The highest BCUT2D eigenvalue weighted by Crippen LogP contribution is 2.05. The molecule has 1 aromatic rings. The minimum absolute atomic E-state index is 0.377. The van der Waals surface area contributed by atoms with Gasteiger partial charge in [0.2, 0.25) is 0 Å². The zero-order valence-corrected chi connectivity index (χ0v) is 9.78. The largest absolute Gasteiger partial charge is 0.478 e. The summed E-state index contributed by atoms with van der Waals surface area (Å²) in [5.74, 6) is 2.12. The van der Waals surface area contributed by atoms with Crippen molar-refractivity contribution in [1.82, 2.24) is 0 Å². The highest BCUT2D eigenvalue weighted by Gasteiger charge is 2.02. The topological polar surface area (TPSA) is 74.2 Å². The van der Waals surface area contributed by atoms with Gasteiger partial charge in [0.1, 0.15) is 0 Å². The van der Waals surface area contributed by atoms with Crippen LogP contribution in [-0.2, 0) is 4.84 Å². The molecule has 15 heavy (non-hydrogen) atoms. The number of quaternary nitrogens is 1. The molecule has 4 nitrogen and oxygen atoms in total. The number of aromatic carboxylic acids is 1. The summed E-state index contributed by atoms with van der Waals surface area (Å²) in [6.07, 6.45) is 0. The molecule has 0 saturated heterocycles. The van der Waals surface area contributed by atoms with Crippen molar-refractivity contribution in [2.24, 2.45) is 0 Å². The van der Waals surface area contributed by atoms with Gasteiger partial charge in [-0.2, -0.15) is 0 Å². The first-order valence-electron chi connectivity index (χ1n) is 4.70. The molecule has 4 N–H and O–H groups in total. The summed E-state index contributed by atoms with van der Waals surface area (Å²) in [4.78, 5) is 14.4. The molecule has 4 heteroatoms. The standard InChI is InChI=1S/C8H8O2.C2H6.CH6NO/c1-6-4-2-3-5-7(6)8(9)10;1-2;1-3-2/h2-5H,1H3,(H,9,10);1-2H3;1-2H3/q;;+1. The van der Waals surface area contributed by atoms with Crippen LogP contribution in [0.25, 0.3) is 0 Å². The minimum atomic E-state index is -0.863. The Kier molecular flexibility index (Phi) is 11.4. The Balaban J connectivity index is 0. The molecule has 1 rings (SSSR count). The lowest BCUT2D eigenvalue weighted by Crippen LogP contribution is -2.46. The normalized spacial score (nSPS) is 7.80. The Morgan fingerprint density at radius 2 is 1.73 bits per heavy atom. The highest BCUT2D eigenvalue weighted by atomic mass is 16.6. The van der Waals surface area contributed by atoms with Crippen molar-refractivity contribution in [3.05, 3.63) is 35.4 Å². The molecule has 0 aliphatic carbocycles. The smallest absolute Gasteiger partial charge is 0.335 e. The molecular weight excluding hydrogens is 194 g/mol. The SMILES string of the molecule is CC.CO[NH3+].Cc1ccccc1C(=O)O. The minimum Gasteiger partial charge on any atom is -0.478 e. The average Bonchev–Trinajstić information content (AvgIpc) is 2.22. The molecule has 0 atom stereocenters. The highest BCUT2D eigenvalue weighted by molar-refractivity contribution is 5.89. The number of carboxylic acids is 1. The second-order valence-corrected chi connectivity index (χ2v) is 2.41. The van der Waals surface area contributed by atoms with E-state index in [4.69, 9.17) is 5.11 Å². The molecule has 0 amide bonds. The van der Waals surface area contributed by atoms with Gasteiger partial charge in [-0.05, 0) is 18.6 Å². The molecule has 0 saturated carbocycles. The van der Waals surface area contributed by atoms with Crippen LogP contribution < -0.4 is 5.90 Å². The van der Waals surface area contributed by atoms with Crippen molar-refractivity contribution < 1.29 is 20.6 Å². The van der Waals surface area contributed by atoms with E-state index in [0.717, 1.165) is 5.56 Å². The third-order valence-corrected chi connectivity index (χ3v) is 1.38. The molecule has 0 fully saturated rings. The summed E-state index contributed by atoms with van der Waals surface area (Å²) in [5, 5.41) is 8.57. The lowest BCUT2D eigenvalue weighted by Gasteiger charge is -1.96. The quantitative estimate of drug-likeness (QED) is 0.696. The Hall–Kier alpha value is -1.39. The lowest BCUT2D eigenvalue weighted by molar-refractivity contribution is -0.679. The van der Waals surface area contributed by atoms with Crippen molar-refractivity contribution in [1.29, 1.82) is 0 Å². The zero-order valence-electron chi connectivity index (χ0n) is 9.78. The third kappa shape index (κ3) is 7.66. The second kappa shape index (κ2) is 10.7. The number of rotatable bonds is 1. The van der Waals surface area contributed by atoms with E-state index in [1.807, 2.05) is 19.9 Å². The van der Waals surface area contributed by atoms with E-state index in [2.05, 4.69) is 10.7 Å². The van der Waals surface area contributed by atoms with Gasteiger partial charge >= 0.3 is 5.97 Å². The molecule has 1 aromatic carbocycles. The number of carbonyl (C=O) groups is 1. The summed E-state index contributed by atoms with van der Waals surface area (Å²) >= 11 is 0.